The zero-order chi connectivity index (χ0) is 12.4. The Hall–Kier alpha value is -1.42. The Kier molecular flexibility index (Phi) is 3.43. The van der Waals surface area contributed by atoms with Crippen molar-refractivity contribution < 1.29 is 4.39 Å². The topological polar surface area (TPSA) is 43.8 Å². The fraction of sp³-hybridized carbons (Fsp3) is 0.462. The molecule has 0 bridgehead atoms. The van der Waals surface area contributed by atoms with E-state index in [1.54, 1.807) is 6.07 Å². The quantitative estimate of drug-likeness (QED) is 0.883. The molecule has 2 aromatic rings. The summed E-state index contributed by atoms with van der Waals surface area (Å²) in [6, 6.07) is 5.05. The molecule has 0 radical (unpaired) electrons. The standard InChI is InChI=1S/C13H18FN3/c1-9(8-15)6-7-12-16-13-10(14)4-3-5-11(13)17(12)2/h3-5,9H,6-8,15H2,1-2H3. The predicted octanol–water partition coefficient (Wildman–Crippen LogP) is 2.24. The molecule has 3 nitrogen and oxygen atoms in total. The summed E-state index contributed by atoms with van der Waals surface area (Å²) >= 11 is 0. The highest BCUT2D eigenvalue weighted by Crippen LogP contribution is 2.19. The molecule has 17 heavy (non-hydrogen) atoms. The van der Waals surface area contributed by atoms with Crippen LogP contribution in [-0.4, -0.2) is 16.1 Å². The van der Waals surface area contributed by atoms with Crippen LogP contribution in [0.2, 0.25) is 0 Å². The van der Waals surface area contributed by atoms with Gasteiger partial charge in [-0.15, -0.1) is 0 Å². The Morgan fingerprint density at radius 2 is 2.24 bits per heavy atom. The van der Waals surface area contributed by atoms with Gasteiger partial charge < -0.3 is 10.3 Å². The van der Waals surface area contributed by atoms with Crippen molar-refractivity contribution in [3.63, 3.8) is 0 Å². The van der Waals surface area contributed by atoms with Crippen molar-refractivity contribution in [1.29, 1.82) is 0 Å². The molecule has 0 saturated heterocycles. The minimum Gasteiger partial charge on any atom is -0.331 e. The molecular weight excluding hydrogens is 217 g/mol. The molecule has 1 aromatic heterocycles. The highest BCUT2D eigenvalue weighted by atomic mass is 19.1. The van der Waals surface area contributed by atoms with E-state index in [0.29, 0.717) is 18.0 Å². The largest absolute Gasteiger partial charge is 0.331 e. The molecule has 1 atom stereocenters. The van der Waals surface area contributed by atoms with Gasteiger partial charge in [0.25, 0.3) is 0 Å². The summed E-state index contributed by atoms with van der Waals surface area (Å²) in [6.45, 7) is 2.79. The SMILES string of the molecule is CC(CN)CCc1nc2c(F)cccc2n1C. The van der Waals surface area contributed by atoms with Crippen LogP contribution in [0.5, 0.6) is 0 Å². The van der Waals surface area contributed by atoms with Crippen LogP contribution in [0, 0.1) is 11.7 Å². The zero-order valence-electron chi connectivity index (χ0n) is 10.3. The van der Waals surface area contributed by atoms with Gasteiger partial charge in [-0.05, 0) is 31.0 Å². The van der Waals surface area contributed by atoms with Gasteiger partial charge in [0.2, 0.25) is 0 Å². The maximum absolute atomic E-state index is 13.5. The first-order chi connectivity index (χ1) is 8.13. The molecule has 0 aliphatic rings. The molecule has 0 aliphatic heterocycles. The summed E-state index contributed by atoms with van der Waals surface area (Å²) in [6.07, 6.45) is 1.82. The fourth-order valence-corrected chi connectivity index (χ4v) is 1.95. The number of benzene rings is 1. The highest BCUT2D eigenvalue weighted by molar-refractivity contribution is 5.76. The van der Waals surface area contributed by atoms with Crippen molar-refractivity contribution in [3.05, 3.63) is 29.8 Å². The Morgan fingerprint density at radius 3 is 2.88 bits per heavy atom. The van der Waals surface area contributed by atoms with Gasteiger partial charge in [0.05, 0.1) is 5.52 Å². The molecular formula is C13H18FN3. The lowest BCUT2D eigenvalue weighted by molar-refractivity contribution is 0.531. The minimum atomic E-state index is -0.253. The Bertz CT molecular complexity index is 519. The van der Waals surface area contributed by atoms with Gasteiger partial charge in [-0.3, -0.25) is 0 Å². The summed E-state index contributed by atoms with van der Waals surface area (Å²) in [7, 11) is 1.93. The number of hydrogen-bond acceptors (Lipinski definition) is 2. The van der Waals surface area contributed by atoms with E-state index >= 15 is 0 Å². The van der Waals surface area contributed by atoms with Gasteiger partial charge in [0, 0.05) is 13.5 Å². The van der Waals surface area contributed by atoms with Crippen LogP contribution in [0.15, 0.2) is 18.2 Å². The number of nitrogens with two attached hydrogens (primary N) is 1. The van der Waals surface area contributed by atoms with E-state index in [9.17, 15) is 4.39 Å². The molecule has 2 rings (SSSR count). The molecule has 1 heterocycles. The van der Waals surface area contributed by atoms with E-state index in [1.165, 1.54) is 6.07 Å². The summed E-state index contributed by atoms with van der Waals surface area (Å²) in [5.74, 6) is 1.14. The molecule has 1 aromatic carbocycles. The van der Waals surface area contributed by atoms with Crippen molar-refractivity contribution in [2.45, 2.75) is 19.8 Å². The van der Waals surface area contributed by atoms with Crippen LogP contribution >= 0.6 is 0 Å². The third-order valence-electron chi connectivity index (χ3n) is 3.22. The first kappa shape index (κ1) is 12.0. The summed E-state index contributed by atoms with van der Waals surface area (Å²) in [5, 5.41) is 0. The first-order valence-corrected chi connectivity index (χ1v) is 5.93. The molecule has 0 amide bonds. The Balaban J connectivity index is 2.29. The molecule has 92 valence electrons. The van der Waals surface area contributed by atoms with E-state index in [1.807, 2.05) is 17.7 Å². The molecule has 2 N–H and O–H groups in total. The molecule has 1 unspecified atom stereocenters. The number of aryl methyl sites for hydroxylation is 2. The lowest BCUT2D eigenvalue weighted by Crippen LogP contribution is -2.12. The van der Waals surface area contributed by atoms with E-state index in [-0.39, 0.29) is 5.82 Å². The normalized spacial score (nSPS) is 13.2. The molecule has 0 spiro atoms. The molecule has 0 saturated carbocycles. The maximum Gasteiger partial charge on any atom is 0.151 e. The van der Waals surface area contributed by atoms with E-state index < -0.39 is 0 Å². The van der Waals surface area contributed by atoms with Crippen LogP contribution in [0.25, 0.3) is 11.0 Å². The monoisotopic (exact) mass is 235 g/mol. The number of imidazole rings is 1. The van der Waals surface area contributed by atoms with Crippen molar-refractivity contribution in [2.75, 3.05) is 6.54 Å². The van der Waals surface area contributed by atoms with Crippen LogP contribution in [0.4, 0.5) is 4.39 Å². The number of fused-ring (bicyclic) bond motifs is 1. The number of hydrogen-bond donors (Lipinski definition) is 1. The lowest BCUT2D eigenvalue weighted by atomic mass is 10.1. The van der Waals surface area contributed by atoms with Gasteiger partial charge in [-0.25, -0.2) is 9.37 Å². The smallest absolute Gasteiger partial charge is 0.151 e. The number of para-hydroxylation sites is 1. The third-order valence-corrected chi connectivity index (χ3v) is 3.22. The molecule has 0 aliphatic carbocycles. The van der Waals surface area contributed by atoms with Gasteiger partial charge >= 0.3 is 0 Å². The zero-order valence-corrected chi connectivity index (χ0v) is 10.3. The Morgan fingerprint density at radius 1 is 1.47 bits per heavy atom. The molecule has 4 heteroatoms. The van der Waals surface area contributed by atoms with Crippen LogP contribution in [-0.2, 0) is 13.5 Å². The second kappa shape index (κ2) is 4.84. The number of rotatable bonds is 4. The lowest BCUT2D eigenvalue weighted by Gasteiger charge is -2.07. The van der Waals surface area contributed by atoms with Crippen molar-refractivity contribution in [1.82, 2.24) is 9.55 Å². The number of aromatic nitrogens is 2. The summed E-state index contributed by atoms with van der Waals surface area (Å²) in [4.78, 5) is 4.37. The van der Waals surface area contributed by atoms with E-state index in [2.05, 4.69) is 11.9 Å². The van der Waals surface area contributed by atoms with Crippen LogP contribution in [0.1, 0.15) is 19.2 Å². The van der Waals surface area contributed by atoms with Gasteiger partial charge in [-0.2, -0.15) is 0 Å². The second-order valence-corrected chi connectivity index (χ2v) is 4.57. The summed E-state index contributed by atoms with van der Waals surface area (Å²) in [5.41, 5.74) is 6.90. The van der Waals surface area contributed by atoms with Crippen molar-refractivity contribution in [2.24, 2.45) is 18.7 Å². The van der Waals surface area contributed by atoms with Gasteiger partial charge in [0.15, 0.2) is 5.82 Å². The number of halogens is 1. The highest BCUT2D eigenvalue weighted by Gasteiger charge is 2.11. The number of nitrogens with zero attached hydrogens (tertiary/aromatic N) is 2. The second-order valence-electron chi connectivity index (χ2n) is 4.57. The van der Waals surface area contributed by atoms with E-state index in [0.717, 1.165) is 24.2 Å². The fourth-order valence-electron chi connectivity index (χ4n) is 1.95. The van der Waals surface area contributed by atoms with E-state index in [4.69, 9.17) is 5.73 Å². The van der Waals surface area contributed by atoms with Crippen LogP contribution < -0.4 is 5.73 Å². The van der Waals surface area contributed by atoms with Crippen molar-refractivity contribution in [3.8, 4) is 0 Å². The first-order valence-electron chi connectivity index (χ1n) is 5.93. The Labute approximate surface area is 100 Å². The van der Waals surface area contributed by atoms with Gasteiger partial charge in [-0.1, -0.05) is 13.0 Å². The third kappa shape index (κ3) is 2.31. The minimum absolute atomic E-state index is 0.253. The average Bonchev–Trinajstić information content (AvgIpc) is 2.65. The van der Waals surface area contributed by atoms with Crippen molar-refractivity contribution >= 4 is 11.0 Å². The maximum atomic E-state index is 13.5. The molecule has 0 fully saturated rings. The van der Waals surface area contributed by atoms with Gasteiger partial charge in [0.1, 0.15) is 11.3 Å². The predicted molar refractivity (Wildman–Crippen MR) is 67.2 cm³/mol. The van der Waals surface area contributed by atoms with Crippen LogP contribution in [0.3, 0.4) is 0 Å². The average molecular weight is 235 g/mol. The summed E-state index contributed by atoms with van der Waals surface area (Å²) < 4.78 is 15.5.